The first-order valence-electron chi connectivity index (χ1n) is 6.96. The lowest BCUT2D eigenvalue weighted by Crippen LogP contribution is -2.26. The van der Waals surface area contributed by atoms with Gasteiger partial charge < -0.3 is 9.84 Å². The molecule has 0 aliphatic heterocycles. The minimum absolute atomic E-state index is 0.456. The van der Waals surface area contributed by atoms with Crippen molar-refractivity contribution >= 4 is 15.9 Å². The zero-order valence-corrected chi connectivity index (χ0v) is 14.4. The Kier molecular flexibility index (Phi) is 4.74. The van der Waals surface area contributed by atoms with E-state index in [9.17, 15) is 5.11 Å². The summed E-state index contributed by atoms with van der Waals surface area (Å²) in [6.45, 7) is 3.87. The molecule has 0 saturated carbocycles. The van der Waals surface area contributed by atoms with E-state index in [1.807, 2.05) is 36.0 Å². The summed E-state index contributed by atoms with van der Waals surface area (Å²) in [5.74, 6) is 0.691. The molecule has 21 heavy (non-hydrogen) atoms. The summed E-state index contributed by atoms with van der Waals surface area (Å²) in [4.78, 5) is 0. The number of nitrogens with zero attached hydrogens (tertiary/aromatic N) is 2. The Balaban J connectivity index is 2.40. The van der Waals surface area contributed by atoms with E-state index in [1.165, 1.54) is 0 Å². The molecule has 2 rings (SSSR count). The number of methoxy groups -OCH3 is 1. The van der Waals surface area contributed by atoms with Gasteiger partial charge in [-0.3, -0.25) is 4.68 Å². The van der Waals surface area contributed by atoms with Crippen molar-refractivity contribution in [1.29, 1.82) is 0 Å². The minimum atomic E-state index is -1.03. The Labute approximate surface area is 133 Å². The quantitative estimate of drug-likeness (QED) is 0.898. The molecule has 2 aromatic rings. The third-order valence-electron chi connectivity index (χ3n) is 3.70. The zero-order valence-electron chi connectivity index (χ0n) is 12.9. The van der Waals surface area contributed by atoms with Gasteiger partial charge in [0.25, 0.3) is 0 Å². The molecule has 114 valence electrons. The first-order valence-corrected chi connectivity index (χ1v) is 7.76. The molecule has 0 amide bonds. The fourth-order valence-corrected chi connectivity index (χ4v) is 3.28. The van der Waals surface area contributed by atoms with Crippen molar-refractivity contribution in [3.63, 3.8) is 0 Å². The normalized spacial score (nSPS) is 14.0. The molecule has 4 nitrogen and oxygen atoms in total. The highest BCUT2D eigenvalue weighted by molar-refractivity contribution is 9.10. The van der Waals surface area contributed by atoms with E-state index in [4.69, 9.17) is 4.74 Å². The van der Waals surface area contributed by atoms with Crippen molar-refractivity contribution in [1.82, 2.24) is 9.78 Å². The summed E-state index contributed by atoms with van der Waals surface area (Å²) in [6, 6.07) is 7.55. The Hall–Kier alpha value is -1.33. The summed E-state index contributed by atoms with van der Waals surface area (Å²) >= 11 is 3.60. The third-order valence-corrected chi connectivity index (χ3v) is 4.62. The van der Waals surface area contributed by atoms with Crippen molar-refractivity contribution < 1.29 is 9.84 Å². The summed E-state index contributed by atoms with van der Waals surface area (Å²) in [7, 11) is 3.52. The molecule has 0 aliphatic carbocycles. The van der Waals surface area contributed by atoms with E-state index >= 15 is 0 Å². The summed E-state index contributed by atoms with van der Waals surface area (Å²) in [5.41, 5.74) is 1.72. The summed E-state index contributed by atoms with van der Waals surface area (Å²) in [6.07, 6.45) is 1.31. The van der Waals surface area contributed by atoms with E-state index in [0.717, 1.165) is 27.8 Å². The van der Waals surface area contributed by atoms with Crippen LogP contribution in [-0.2, 0) is 25.5 Å². The van der Waals surface area contributed by atoms with Gasteiger partial charge in [-0.25, -0.2) is 0 Å². The Morgan fingerprint density at radius 2 is 2.05 bits per heavy atom. The van der Waals surface area contributed by atoms with Crippen molar-refractivity contribution in [3.8, 4) is 5.75 Å². The maximum atomic E-state index is 10.9. The van der Waals surface area contributed by atoms with Gasteiger partial charge in [0.15, 0.2) is 0 Å². The van der Waals surface area contributed by atoms with Crippen molar-refractivity contribution in [2.75, 3.05) is 7.11 Å². The monoisotopic (exact) mass is 352 g/mol. The number of para-hydroxylation sites is 1. The highest BCUT2D eigenvalue weighted by atomic mass is 79.9. The largest absolute Gasteiger partial charge is 0.496 e. The van der Waals surface area contributed by atoms with Gasteiger partial charge in [-0.2, -0.15) is 5.10 Å². The number of hydrogen-bond acceptors (Lipinski definition) is 3. The summed E-state index contributed by atoms with van der Waals surface area (Å²) in [5, 5.41) is 15.4. The topological polar surface area (TPSA) is 47.3 Å². The molecule has 5 heteroatoms. The highest BCUT2D eigenvalue weighted by Gasteiger charge is 2.30. The fraction of sp³-hybridized carbons (Fsp3) is 0.438. The van der Waals surface area contributed by atoms with Crippen LogP contribution in [0.15, 0.2) is 28.7 Å². The lowest BCUT2D eigenvalue weighted by molar-refractivity contribution is 0.0528. The van der Waals surface area contributed by atoms with E-state index in [2.05, 4.69) is 28.0 Å². The molecular formula is C16H21BrN2O2. The Bertz CT molecular complexity index is 635. The average molecular weight is 353 g/mol. The summed E-state index contributed by atoms with van der Waals surface area (Å²) < 4.78 is 8.16. The van der Waals surface area contributed by atoms with Crippen molar-refractivity contribution in [3.05, 3.63) is 45.7 Å². The van der Waals surface area contributed by atoms with Gasteiger partial charge >= 0.3 is 0 Å². The lowest BCUT2D eigenvalue weighted by atomic mass is 9.90. The predicted molar refractivity (Wildman–Crippen MR) is 86.6 cm³/mol. The van der Waals surface area contributed by atoms with E-state index in [1.54, 1.807) is 14.0 Å². The molecule has 0 radical (unpaired) electrons. The molecule has 0 bridgehead atoms. The molecule has 1 atom stereocenters. The van der Waals surface area contributed by atoms with Crippen LogP contribution in [0, 0.1) is 0 Å². The SMILES string of the molecule is CCc1nn(C)c(CC(C)(O)c2ccccc2OC)c1Br. The minimum Gasteiger partial charge on any atom is -0.496 e. The highest BCUT2D eigenvalue weighted by Crippen LogP contribution is 2.34. The van der Waals surface area contributed by atoms with Crippen LogP contribution >= 0.6 is 15.9 Å². The number of rotatable bonds is 5. The molecule has 0 saturated heterocycles. The van der Waals surface area contributed by atoms with Crippen LogP contribution in [0.5, 0.6) is 5.75 Å². The molecule has 1 unspecified atom stereocenters. The lowest BCUT2D eigenvalue weighted by Gasteiger charge is -2.26. The van der Waals surface area contributed by atoms with Crippen LogP contribution in [0.3, 0.4) is 0 Å². The smallest absolute Gasteiger partial charge is 0.124 e. The number of aryl methyl sites for hydroxylation is 2. The Morgan fingerprint density at radius 3 is 2.62 bits per heavy atom. The standard InChI is InChI=1S/C16H21BrN2O2/c1-5-12-15(17)13(19(3)18-12)10-16(2,20)11-8-6-7-9-14(11)21-4/h6-9,20H,5,10H2,1-4H3. The van der Waals surface area contributed by atoms with Gasteiger partial charge in [0.2, 0.25) is 0 Å². The van der Waals surface area contributed by atoms with Gasteiger partial charge in [0.1, 0.15) is 5.75 Å². The average Bonchev–Trinajstić information content (AvgIpc) is 2.74. The maximum absolute atomic E-state index is 10.9. The van der Waals surface area contributed by atoms with Crippen LogP contribution < -0.4 is 4.74 Å². The first kappa shape index (κ1) is 16.0. The fourth-order valence-electron chi connectivity index (χ4n) is 2.52. The molecular weight excluding hydrogens is 332 g/mol. The molecule has 1 N–H and O–H groups in total. The molecule has 0 fully saturated rings. The van der Waals surface area contributed by atoms with Crippen LogP contribution in [0.1, 0.15) is 30.8 Å². The second-order valence-electron chi connectivity index (χ2n) is 5.34. The second kappa shape index (κ2) is 6.20. The number of halogens is 1. The van der Waals surface area contributed by atoms with Crippen molar-refractivity contribution in [2.24, 2.45) is 7.05 Å². The van der Waals surface area contributed by atoms with E-state index in [0.29, 0.717) is 12.2 Å². The van der Waals surface area contributed by atoms with Crippen LogP contribution in [0.2, 0.25) is 0 Å². The number of benzene rings is 1. The third kappa shape index (κ3) is 3.14. The molecule has 1 aromatic carbocycles. The molecule has 1 heterocycles. The number of hydrogen-bond donors (Lipinski definition) is 1. The zero-order chi connectivity index (χ0) is 15.6. The van der Waals surface area contributed by atoms with Crippen LogP contribution in [0.25, 0.3) is 0 Å². The van der Waals surface area contributed by atoms with Crippen LogP contribution in [0.4, 0.5) is 0 Å². The number of aliphatic hydroxyl groups is 1. The van der Waals surface area contributed by atoms with Gasteiger partial charge in [0, 0.05) is 19.0 Å². The number of aromatic nitrogens is 2. The predicted octanol–water partition coefficient (Wildman–Crippen LogP) is 3.20. The molecule has 0 spiro atoms. The Morgan fingerprint density at radius 1 is 1.38 bits per heavy atom. The van der Waals surface area contributed by atoms with Gasteiger partial charge in [-0.05, 0) is 35.3 Å². The maximum Gasteiger partial charge on any atom is 0.124 e. The first-order chi connectivity index (χ1) is 9.90. The van der Waals surface area contributed by atoms with E-state index < -0.39 is 5.60 Å². The second-order valence-corrected chi connectivity index (χ2v) is 6.13. The van der Waals surface area contributed by atoms with Crippen LogP contribution in [-0.4, -0.2) is 22.0 Å². The van der Waals surface area contributed by atoms with Gasteiger partial charge in [0.05, 0.1) is 28.6 Å². The van der Waals surface area contributed by atoms with Gasteiger partial charge in [-0.15, -0.1) is 0 Å². The van der Waals surface area contributed by atoms with E-state index in [-0.39, 0.29) is 0 Å². The molecule has 0 aliphatic rings. The van der Waals surface area contributed by atoms with Gasteiger partial charge in [-0.1, -0.05) is 25.1 Å². The molecule has 1 aromatic heterocycles. The van der Waals surface area contributed by atoms with Crippen molar-refractivity contribution in [2.45, 2.75) is 32.3 Å². The number of ether oxygens (including phenoxy) is 1.